The van der Waals surface area contributed by atoms with Gasteiger partial charge in [-0.3, -0.25) is 9.69 Å². The van der Waals surface area contributed by atoms with Crippen molar-refractivity contribution in [1.82, 2.24) is 14.5 Å². The first-order valence-corrected chi connectivity index (χ1v) is 12.5. The molecule has 2 saturated heterocycles. The van der Waals surface area contributed by atoms with Gasteiger partial charge in [-0.05, 0) is 81.1 Å². The van der Waals surface area contributed by atoms with Gasteiger partial charge in [0, 0.05) is 25.2 Å². The van der Waals surface area contributed by atoms with E-state index >= 15 is 0 Å². The minimum Gasteiger partial charge on any atom is -0.468 e. The van der Waals surface area contributed by atoms with E-state index in [1.165, 1.54) is 12.1 Å². The molecule has 0 aliphatic carbocycles. The van der Waals surface area contributed by atoms with Crippen LogP contribution in [0.25, 0.3) is 0 Å². The summed E-state index contributed by atoms with van der Waals surface area (Å²) in [5, 5.41) is 2.99. The third-order valence-electron chi connectivity index (χ3n) is 6.41. The molecule has 1 unspecified atom stereocenters. The van der Waals surface area contributed by atoms with Crippen LogP contribution in [0.4, 0.5) is 0 Å². The Hall–Kier alpha value is -2.16. The second kappa shape index (κ2) is 9.54. The fraction of sp³-hybridized carbons (Fsp3) is 0.522. The summed E-state index contributed by atoms with van der Waals surface area (Å²) in [4.78, 5) is 15.3. The molecule has 0 radical (unpaired) electrons. The summed E-state index contributed by atoms with van der Waals surface area (Å²) >= 11 is 0. The summed E-state index contributed by atoms with van der Waals surface area (Å²) in [6.45, 7) is 5.68. The van der Waals surface area contributed by atoms with E-state index in [1.54, 1.807) is 22.7 Å². The zero-order chi connectivity index (χ0) is 21.8. The number of piperidine rings is 1. The summed E-state index contributed by atoms with van der Waals surface area (Å²) in [6, 6.07) is 10.1. The molecular formula is C23H31N3O4S. The number of likely N-dealkylation sites (tertiary alicyclic amines) is 1. The number of carbonyl (C=O) groups is 1. The maximum atomic E-state index is 12.9. The highest BCUT2D eigenvalue weighted by Crippen LogP contribution is 2.26. The number of furan rings is 1. The standard InChI is InChI=1S/C23H31N3O4S/c1-18-10-14-26(15-11-18)31(28,29)20-8-6-19(7-9-20)23(27)24-17-21(22-5-4-16-30-22)25-12-2-3-13-25/h4-9,16,18,21H,2-3,10-15,17H2,1H3,(H,24,27). The molecule has 4 rings (SSSR count). The molecule has 3 heterocycles. The zero-order valence-electron chi connectivity index (χ0n) is 18.0. The van der Waals surface area contributed by atoms with Crippen LogP contribution >= 0.6 is 0 Å². The minimum absolute atomic E-state index is 0.00240. The third-order valence-corrected chi connectivity index (χ3v) is 8.32. The first-order chi connectivity index (χ1) is 14.9. The highest BCUT2D eigenvalue weighted by atomic mass is 32.2. The van der Waals surface area contributed by atoms with Gasteiger partial charge in [0.1, 0.15) is 5.76 Å². The first kappa shape index (κ1) is 22.0. The molecule has 2 aromatic rings. The fourth-order valence-corrected chi connectivity index (χ4v) is 5.86. The average Bonchev–Trinajstić information content (AvgIpc) is 3.49. The average molecular weight is 446 g/mol. The lowest BCUT2D eigenvalue weighted by molar-refractivity contribution is 0.0933. The van der Waals surface area contributed by atoms with Gasteiger partial charge in [-0.25, -0.2) is 8.42 Å². The molecule has 1 aromatic heterocycles. The van der Waals surface area contributed by atoms with Gasteiger partial charge in [0.25, 0.3) is 5.91 Å². The Morgan fingerprint density at radius 3 is 2.39 bits per heavy atom. The molecule has 7 nitrogen and oxygen atoms in total. The topological polar surface area (TPSA) is 82.9 Å². The molecular weight excluding hydrogens is 414 g/mol. The van der Waals surface area contributed by atoms with Gasteiger partial charge < -0.3 is 9.73 Å². The van der Waals surface area contributed by atoms with Gasteiger partial charge in [-0.1, -0.05) is 6.92 Å². The lowest BCUT2D eigenvalue weighted by Crippen LogP contribution is -2.38. The lowest BCUT2D eigenvalue weighted by atomic mass is 10.0. The molecule has 2 fully saturated rings. The number of amides is 1. The maximum Gasteiger partial charge on any atom is 0.251 e. The van der Waals surface area contributed by atoms with Crippen LogP contribution in [0.3, 0.4) is 0 Å². The molecule has 2 aliphatic rings. The van der Waals surface area contributed by atoms with E-state index in [-0.39, 0.29) is 16.8 Å². The number of benzene rings is 1. The van der Waals surface area contributed by atoms with Crippen molar-refractivity contribution in [3.8, 4) is 0 Å². The van der Waals surface area contributed by atoms with Gasteiger partial charge in [-0.15, -0.1) is 0 Å². The van der Waals surface area contributed by atoms with Crippen LogP contribution in [0.15, 0.2) is 52.0 Å². The van der Waals surface area contributed by atoms with Gasteiger partial charge >= 0.3 is 0 Å². The molecule has 0 bridgehead atoms. The molecule has 168 valence electrons. The van der Waals surface area contributed by atoms with Crippen molar-refractivity contribution in [2.45, 2.75) is 43.5 Å². The summed E-state index contributed by atoms with van der Waals surface area (Å²) in [5.74, 6) is 1.19. The number of hydrogen-bond acceptors (Lipinski definition) is 5. The number of nitrogens with zero attached hydrogens (tertiary/aromatic N) is 2. The Morgan fingerprint density at radius 2 is 1.77 bits per heavy atom. The van der Waals surface area contributed by atoms with Crippen molar-refractivity contribution in [3.63, 3.8) is 0 Å². The van der Waals surface area contributed by atoms with Crippen LogP contribution in [-0.2, 0) is 10.0 Å². The van der Waals surface area contributed by atoms with Gasteiger partial charge in [0.15, 0.2) is 0 Å². The summed E-state index contributed by atoms with van der Waals surface area (Å²) in [5.41, 5.74) is 0.450. The van der Waals surface area contributed by atoms with Crippen LogP contribution in [0.5, 0.6) is 0 Å². The molecule has 1 atom stereocenters. The second-order valence-electron chi connectivity index (χ2n) is 8.60. The van der Waals surface area contributed by atoms with E-state index in [4.69, 9.17) is 4.42 Å². The lowest BCUT2D eigenvalue weighted by Gasteiger charge is -2.29. The molecule has 0 saturated carbocycles. The third kappa shape index (κ3) is 5.02. The van der Waals surface area contributed by atoms with Crippen molar-refractivity contribution in [2.24, 2.45) is 5.92 Å². The van der Waals surface area contributed by atoms with Crippen molar-refractivity contribution in [1.29, 1.82) is 0 Å². The van der Waals surface area contributed by atoms with E-state index in [1.807, 2.05) is 12.1 Å². The van der Waals surface area contributed by atoms with Crippen LogP contribution in [0.1, 0.15) is 54.8 Å². The monoisotopic (exact) mass is 445 g/mol. The van der Waals surface area contributed by atoms with Crippen LogP contribution in [0, 0.1) is 5.92 Å². The van der Waals surface area contributed by atoms with Crippen LogP contribution in [-0.4, -0.2) is 56.3 Å². The predicted octanol–water partition coefficient (Wildman–Crippen LogP) is 3.27. The predicted molar refractivity (Wildman–Crippen MR) is 118 cm³/mol. The minimum atomic E-state index is -3.51. The van der Waals surface area contributed by atoms with E-state index < -0.39 is 10.0 Å². The highest BCUT2D eigenvalue weighted by molar-refractivity contribution is 7.89. The molecule has 1 N–H and O–H groups in total. The Labute approximate surface area is 184 Å². The Morgan fingerprint density at radius 1 is 1.10 bits per heavy atom. The quantitative estimate of drug-likeness (QED) is 0.707. The van der Waals surface area contributed by atoms with E-state index in [9.17, 15) is 13.2 Å². The second-order valence-corrected chi connectivity index (χ2v) is 10.5. The molecule has 1 amide bonds. The zero-order valence-corrected chi connectivity index (χ0v) is 18.8. The number of nitrogens with one attached hydrogen (secondary N) is 1. The largest absolute Gasteiger partial charge is 0.468 e. The molecule has 1 aromatic carbocycles. The molecule has 31 heavy (non-hydrogen) atoms. The maximum absolute atomic E-state index is 12.9. The van der Waals surface area contributed by atoms with E-state index in [2.05, 4.69) is 17.1 Å². The van der Waals surface area contributed by atoms with Crippen molar-refractivity contribution >= 4 is 15.9 Å². The number of hydrogen-bond donors (Lipinski definition) is 1. The van der Waals surface area contributed by atoms with Crippen molar-refractivity contribution < 1.29 is 17.6 Å². The van der Waals surface area contributed by atoms with E-state index in [0.717, 1.165) is 44.5 Å². The normalized spacial score (nSPS) is 20.0. The summed E-state index contributed by atoms with van der Waals surface area (Å²) < 4.78 is 32.9. The van der Waals surface area contributed by atoms with E-state index in [0.29, 0.717) is 31.1 Å². The Bertz CT molecular complexity index is 959. The van der Waals surface area contributed by atoms with Crippen LogP contribution in [0.2, 0.25) is 0 Å². The van der Waals surface area contributed by atoms with Crippen molar-refractivity contribution in [2.75, 3.05) is 32.7 Å². The summed E-state index contributed by atoms with van der Waals surface area (Å²) in [6.07, 6.45) is 5.72. The van der Waals surface area contributed by atoms with Gasteiger partial charge in [0.05, 0.1) is 17.2 Å². The summed E-state index contributed by atoms with van der Waals surface area (Å²) in [7, 11) is -3.51. The highest BCUT2D eigenvalue weighted by Gasteiger charge is 2.29. The van der Waals surface area contributed by atoms with Gasteiger partial charge in [0.2, 0.25) is 10.0 Å². The Kier molecular flexibility index (Phi) is 6.79. The molecule has 0 spiro atoms. The number of carbonyl (C=O) groups excluding carboxylic acids is 1. The van der Waals surface area contributed by atoms with Crippen molar-refractivity contribution in [3.05, 3.63) is 54.0 Å². The smallest absolute Gasteiger partial charge is 0.251 e. The Balaban J connectivity index is 1.40. The molecule has 2 aliphatic heterocycles. The number of sulfonamides is 1. The fourth-order valence-electron chi connectivity index (χ4n) is 4.39. The SMILES string of the molecule is CC1CCN(S(=O)(=O)c2ccc(C(=O)NCC(c3ccco3)N3CCCC3)cc2)CC1. The van der Waals surface area contributed by atoms with Crippen LogP contribution < -0.4 is 5.32 Å². The first-order valence-electron chi connectivity index (χ1n) is 11.1. The van der Waals surface area contributed by atoms with Gasteiger partial charge in [-0.2, -0.15) is 4.31 Å². The number of rotatable bonds is 7. The molecule has 8 heteroatoms.